The van der Waals surface area contributed by atoms with Crippen molar-refractivity contribution in [3.8, 4) is 5.88 Å². The lowest BCUT2D eigenvalue weighted by molar-refractivity contribution is 0.281. The third kappa shape index (κ3) is 2.47. The summed E-state index contributed by atoms with van der Waals surface area (Å²) in [5, 5.41) is 6.59. The third-order valence-corrected chi connectivity index (χ3v) is 2.76. The molecule has 1 heterocycles. The van der Waals surface area contributed by atoms with Gasteiger partial charge in [0.25, 0.3) is 0 Å². The van der Waals surface area contributed by atoms with Crippen molar-refractivity contribution in [3.05, 3.63) is 12.3 Å². The molecule has 0 unspecified atom stereocenters. The van der Waals surface area contributed by atoms with Crippen molar-refractivity contribution in [3.63, 3.8) is 0 Å². The van der Waals surface area contributed by atoms with Crippen LogP contribution in [0.3, 0.4) is 0 Å². The number of hydrogen-bond donors (Lipinski definition) is 1. The van der Waals surface area contributed by atoms with Gasteiger partial charge < -0.3 is 4.74 Å². The first-order valence-electron chi connectivity index (χ1n) is 4.91. The van der Waals surface area contributed by atoms with Gasteiger partial charge in [-0.2, -0.15) is 5.10 Å². The van der Waals surface area contributed by atoms with E-state index >= 15 is 0 Å². The van der Waals surface area contributed by atoms with E-state index in [2.05, 4.69) is 17.1 Å². The molecule has 1 N–H and O–H groups in total. The fourth-order valence-corrected chi connectivity index (χ4v) is 1.47. The zero-order valence-electron chi connectivity index (χ0n) is 8.05. The number of ether oxygens (including phenoxy) is 1. The quantitative estimate of drug-likeness (QED) is 0.706. The molecule has 1 saturated carbocycles. The van der Waals surface area contributed by atoms with Gasteiger partial charge in [-0.25, -0.2) is 5.10 Å². The number of rotatable bonds is 5. The summed E-state index contributed by atoms with van der Waals surface area (Å²) in [5.74, 6) is 0.779. The van der Waals surface area contributed by atoms with E-state index in [-0.39, 0.29) is 0 Å². The summed E-state index contributed by atoms with van der Waals surface area (Å²) in [4.78, 5) is 0. The Morgan fingerprint density at radius 2 is 2.46 bits per heavy atom. The zero-order chi connectivity index (χ0) is 9.15. The Bertz CT molecular complexity index is 252. The van der Waals surface area contributed by atoms with Gasteiger partial charge in [0, 0.05) is 6.07 Å². The molecule has 1 aliphatic carbocycles. The highest BCUT2D eigenvalue weighted by atomic mass is 16.5. The van der Waals surface area contributed by atoms with Gasteiger partial charge >= 0.3 is 0 Å². The second-order valence-corrected chi connectivity index (χ2v) is 4.18. The molecule has 0 aromatic carbocycles. The van der Waals surface area contributed by atoms with E-state index in [9.17, 15) is 0 Å². The number of H-pyrrole nitrogens is 1. The van der Waals surface area contributed by atoms with E-state index in [1.807, 2.05) is 6.07 Å². The van der Waals surface area contributed by atoms with Gasteiger partial charge in [-0.15, -0.1) is 0 Å². The first kappa shape index (κ1) is 8.60. The average molecular weight is 180 g/mol. The molecule has 0 aliphatic heterocycles. The normalized spacial score (nSPS) is 18.5. The van der Waals surface area contributed by atoms with Gasteiger partial charge in [-0.1, -0.05) is 6.92 Å². The van der Waals surface area contributed by atoms with Crippen molar-refractivity contribution in [1.29, 1.82) is 0 Å². The SMILES string of the molecule is CC1(CCCOc2ccn[nH]2)CC1. The van der Waals surface area contributed by atoms with Crippen molar-refractivity contribution < 1.29 is 4.74 Å². The number of hydrogen-bond acceptors (Lipinski definition) is 2. The van der Waals surface area contributed by atoms with Crippen molar-refractivity contribution in [2.24, 2.45) is 5.41 Å². The highest BCUT2D eigenvalue weighted by molar-refractivity contribution is 5.03. The minimum atomic E-state index is 0.650. The maximum absolute atomic E-state index is 5.45. The molecule has 3 heteroatoms. The molecule has 13 heavy (non-hydrogen) atoms. The van der Waals surface area contributed by atoms with E-state index in [0.29, 0.717) is 5.41 Å². The predicted molar refractivity (Wildman–Crippen MR) is 50.7 cm³/mol. The minimum absolute atomic E-state index is 0.650. The van der Waals surface area contributed by atoms with Crippen LogP contribution in [0.1, 0.15) is 32.6 Å². The fourth-order valence-electron chi connectivity index (χ4n) is 1.47. The van der Waals surface area contributed by atoms with Crippen molar-refractivity contribution in [2.45, 2.75) is 32.6 Å². The second kappa shape index (κ2) is 3.40. The molecule has 1 fully saturated rings. The number of aromatic nitrogens is 2. The van der Waals surface area contributed by atoms with Crippen LogP contribution >= 0.6 is 0 Å². The van der Waals surface area contributed by atoms with E-state index < -0.39 is 0 Å². The molecule has 3 nitrogen and oxygen atoms in total. The molecular formula is C10H16N2O. The monoisotopic (exact) mass is 180 g/mol. The smallest absolute Gasteiger partial charge is 0.208 e. The molecule has 1 aromatic heterocycles. The van der Waals surface area contributed by atoms with Crippen molar-refractivity contribution in [2.75, 3.05) is 6.61 Å². The van der Waals surface area contributed by atoms with Gasteiger partial charge in [-0.05, 0) is 31.1 Å². The molecule has 0 spiro atoms. The maximum Gasteiger partial charge on any atom is 0.208 e. The first-order valence-corrected chi connectivity index (χ1v) is 4.91. The van der Waals surface area contributed by atoms with Crippen LogP contribution in [-0.4, -0.2) is 16.8 Å². The molecule has 2 rings (SSSR count). The Kier molecular flexibility index (Phi) is 2.25. The molecule has 0 amide bonds. The molecule has 0 bridgehead atoms. The Morgan fingerprint density at radius 1 is 1.62 bits per heavy atom. The molecule has 1 aromatic rings. The van der Waals surface area contributed by atoms with E-state index in [4.69, 9.17) is 4.74 Å². The Morgan fingerprint density at radius 3 is 3.08 bits per heavy atom. The van der Waals surface area contributed by atoms with Gasteiger partial charge in [0.05, 0.1) is 12.8 Å². The minimum Gasteiger partial charge on any atom is -0.478 e. The molecule has 72 valence electrons. The van der Waals surface area contributed by atoms with Gasteiger partial charge in [-0.3, -0.25) is 0 Å². The van der Waals surface area contributed by atoms with Crippen molar-refractivity contribution in [1.82, 2.24) is 10.2 Å². The molecule has 0 atom stereocenters. The van der Waals surface area contributed by atoms with E-state index in [1.165, 1.54) is 19.3 Å². The Labute approximate surface area is 78.5 Å². The standard InChI is InChI=1S/C10H16N2O/c1-10(5-6-10)4-2-8-13-9-3-7-11-12-9/h3,7H,2,4-6,8H2,1H3,(H,11,12). The summed E-state index contributed by atoms with van der Waals surface area (Å²) in [6.07, 6.45) is 6.95. The number of nitrogens with zero attached hydrogens (tertiary/aromatic N) is 1. The van der Waals surface area contributed by atoms with Crippen LogP contribution in [0.2, 0.25) is 0 Å². The molecule has 1 aliphatic rings. The van der Waals surface area contributed by atoms with Crippen LogP contribution < -0.4 is 4.74 Å². The summed E-state index contributed by atoms with van der Waals surface area (Å²) < 4.78 is 5.45. The predicted octanol–water partition coefficient (Wildman–Crippen LogP) is 2.37. The summed E-state index contributed by atoms with van der Waals surface area (Å²) in [7, 11) is 0. The Balaban J connectivity index is 1.59. The highest BCUT2D eigenvalue weighted by Gasteiger charge is 2.36. The van der Waals surface area contributed by atoms with Crippen LogP contribution in [0.4, 0.5) is 0 Å². The molecular weight excluding hydrogens is 164 g/mol. The Hall–Kier alpha value is -0.990. The van der Waals surface area contributed by atoms with Crippen LogP contribution in [0.5, 0.6) is 5.88 Å². The van der Waals surface area contributed by atoms with Crippen LogP contribution in [0, 0.1) is 5.41 Å². The summed E-state index contributed by atoms with van der Waals surface area (Å²) >= 11 is 0. The summed E-state index contributed by atoms with van der Waals surface area (Å²) in [5.41, 5.74) is 0.650. The number of aromatic amines is 1. The fraction of sp³-hybridized carbons (Fsp3) is 0.700. The van der Waals surface area contributed by atoms with Crippen molar-refractivity contribution >= 4 is 0 Å². The topological polar surface area (TPSA) is 37.9 Å². The van der Waals surface area contributed by atoms with E-state index in [0.717, 1.165) is 18.9 Å². The lowest BCUT2D eigenvalue weighted by atomic mass is 10.0. The maximum atomic E-state index is 5.45. The lowest BCUT2D eigenvalue weighted by Crippen LogP contribution is -2.01. The van der Waals surface area contributed by atoms with Gasteiger partial charge in [0.15, 0.2) is 0 Å². The highest BCUT2D eigenvalue weighted by Crippen LogP contribution is 2.48. The van der Waals surface area contributed by atoms with Gasteiger partial charge in [0.2, 0.25) is 5.88 Å². The molecule has 0 saturated heterocycles. The summed E-state index contributed by atoms with van der Waals surface area (Å²) in [6.45, 7) is 3.15. The van der Waals surface area contributed by atoms with E-state index in [1.54, 1.807) is 6.20 Å². The summed E-state index contributed by atoms with van der Waals surface area (Å²) in [6, 6.07) is 1.85. The van der Waals surface area contributed by atoms with Crippen LogP contribution in [0.25, 0.3) is 0 Å². The number of nitrogens with one attached hydrogen (secondary N) is 1. The zero-order valence-corrected chi connectivity index (χ0v) is 8.05. The van der Waals surface area contributed by atoms with Gasteiger partial charge in [0.1, 0.15) is 0 Å². The van der Waals surface area contributed by atoms with Crippen LogP contribution in [-0.2, 0) is 0 Å². The second-order valence-electron chi connectivity index (χ2n) is 4.18. The van der Waals surface area contributed by atoms with Crippen LogP contribution in [0.15, 0.2) is 12.3 Å². The molecule has 0 radical (unpaired) electrons. The first-order chi connectivity index (χ1) is 6.29. The third-order valence-electron chi connectivity index (χ3n) is 2.76. The lowest BCUT2D eigenvalue weighted by Gasteiger charge is -2.07. The average Bonchev–Trinajstić information content (AvgIpc) is 2.69. The largest absolute Gasteiger partial charge is 0.478 e.